The fourth-order valence-electron chi connectivity index (χ4n) is 0.742. The largest absolute Gasteiger partial charge is 0.462 e. The second-order valence-electron chi connectivity index (χ2n) is 2.38. The molecule has 0 aromatic heterocycles. The molecule has 0 fully saturated rings. The Morgan fingerprint density at radius 3 is 2.62 bits per heavy atom. The predicted octanol–water partition coefficient (Wildman–Crippen LogP) is 2.63. The van der Waals surface area contributed by atoms with Gasteiger partial charge >= 0.3 is 5.97 Å². The van der Waals surface area contributed by atoms with Gasteiger partial charge in [-0.05, 0) is 19.4 Å². The summed E-state index contributed by atoms with van der Waals surface area (Å²) in [5, 5.41) is 0. The van der Waals surface area contributed by atoms with Gasteiger partial charge in [-0.3, -0.25) is 0 Å². The fourth-order valence-corrected chi connectivity index (χ4v) is 0.742. The average Bonchev–Trinajstić information content (AvgIpc) is 2.13. The molecule has 2 nitrogen and oxygen atoms in total. The van der Waals surface area contributed by atoms with Gasteiger partial charge in [0, 0.05) is 0 Å². The smallest absolute Gasteiger partial charge is 0.338 e. The Hall–Kier alpha value is -1.31. The molecule has 0 heterocycles. The summed E-state index contributed by atoms with van der Waals surface area (Å²) in [7, 11) is 0. The number of carbonyl (C=O) groups is 1. The van der Waals surface area contributed by atoms with E-state index >= 15 is 0 Å². The van der Waals surface area contributed by atoms with Crippen molar-refractivity contribution in [3.8, 4) is 0 Å². The summed E-state index contributed by atoms with van der Waals surface area (Å²) in [5.74, 6) is -0.321. The van der Waals surface area contributed by atoms with Crippen molar-refractivity contribution in [2.75, 3.05) is 6.61 Å². The topological polar surface area (TPSA) is 26.3 Å². The minimum Gasteiger partial charge on any atom is -0.462 e. The molecule has 0 atom stereocenters. The molecule has 0 aromatic carbocycles. The first kappa shape index (κ1) is 11.7. The van der Waals surface area contributed by atoms with E-state index in [2.05, 4.69) is 6.58 Å². The molecule has 0 amide bonds. The molecule has 0 aliphatic heterocycles. The van der Waals surface area contributed by atoms with Crippen molar-refractivity contribution < 1.29 is 9.53 Å². The van der Waals surface area contributed by atoms with Crippen molar-refractivity contribution in [1.29, 1.82) is 0 Å². The summed E-state index contributed by atoms with van der Waals surface area (Å²) in [6.07, 6.45) is 7.94. The molecule has 0 aromatic rings. The normalized spacial score (nSPS) is 11.7. The zero-order valence-electron chi connectivity index (χ0n) is 8.25. The van der Waals surface area contributed by atoms with Crippen LogP contribution in [-0.2, 0) is 9.53 Å². The third-order valence-corrected chi connectivity index (χ3v) is 1.38. The first-order valence-corrected chi connectivity index (χ1v) is 4.42. The highest BCUT2D eigenvalue weighted by molar-refractivity contribution is 5.91. The molecule has 0 unspecified atom stereocenters. The Morgan fingerprint density at radius 1 is 1.46 bits per heavy atom. The van der Waals surface area contributed by atoms with E-state index < -0.39 is 0 Å². The van der Waals surface area contributed by atoms with Crippen molar-refractivity contribution in [2.45, 2.75) is 20.3 Å². The Balaban J connectivity index is 4.31. The van der Waals surface area contributed by atoms with Crippen molar-refractivity contribution >= 4 is 5.97 Å². The van der Waals surface area contributed by atoms with E-state index in [4.69, 9.17) is 4.74 Å². The minimum absolute atomic E-state index is 0.321. The molecular formula is C11H16O2. The highest BCUT2D eigenvalue weighted by atomic mass is 16.5. The van der Waals surface area contributed by atoms with Gasteiger partial charge in [0.1, 0.15) is 0 Å². The Labute approximate surface area is 79.6 Å². The molecule has 0 spiro atoms. The molecule has 0 aliphatic rings. The lowest BCUT2D eigenvalue weighted by Gasteiger charge is -1.99. The standard InChI is InChI=1S/C11H16O2/c1-4-7-8-9-10(5-2)11(12)13-6-3/h5,7-9H,2,4,6H2,1,3H3/b8-7+,10-9+. The predicted molar refractivity (Wildman–Crippen MR) is 54.3 cm³/mol. The van der Waals surface area contributed by atoms with Crippen molar-refractivity contribution in [3.63, 3.8) is 0 Å². The van der Waals surface area contributed by atoms with Crippen LogP contribution in [0.4, 0.5) is 0 Å². The SMILES string of the molecule is C=C/C(=C\C=C\CC)C(=O)OCC. The fraction of sp³-hybridized carbons (Fsp3) is 0.364. The van der Waals surface area contributed by atoms with Crippen molar-refractivity contribution in [1.82, 2.24) is 0 Å². The lowest BCUT2D eigenvalue weighted by atomic mass is 10.2. The van der Waals surface area contributed by atoms with Gasteiger partial charge in [0.25, 0.3) is 0 Å². The molecule has 0 bridgehead atoms. The second-order valence-corrected chi connectivity index (χ2v) is 2.38. The molecule has 2 heteroatoms. The van der Waals surface area contributed by atoms with E-state index in [-0.39, 0.29) is 5.97 Å². The van der Waals surface area contributed by atoms with Crippen molar-refractivity contribution in [2.24, 2.45) is 0 Å². The molecule has 0 rings (SSSR count). The van der Waals surface area contributed by atoms with Gasteiger partial charge in [-0.2, -0.15) is 0 Å². The maximum Gasteiger partial charge on any atom is 0.338 e. The van der Waals surface area contributed by atoms with Crippen molar-refractivity contribution in [3.05, 3.63) is 36.5 Å². The van der Waals surface area contributed by atoms with Crippen LogP contribution in [0, 0.1) is 0 Å². The number of rotatable bonds is 5. The summed E-state index contributed by atoms with van der Waals surface area (Å²) in [5.41, 5.74) is 0.492. The van der Waals surface area contributed by atoms with Crippen LogP contribution in [0.1, 0.15) is 20.3 Å². The van der Waals surface area contributed by atoms with E-state index in [1.54, 1.807) is 13.0 Å². The van der Waals surface area contributed by atoms with E-state index in [1.807, 2.05) is 19.1 Å². The van der Waals surface area contributed by atoms with Crippen LogP contribution >= 0.6 is 0 Å². The summed E-state index contributed by atoms with van der Waals surface area (Å²) in [6, 6.07) is 0. The second kappa shape index (κ2) is 7.35. The molecule has 0 saturated carbocycles. The van der Waals surface area contributed by atoms with E-state index in [9.17, 15) is 4.79 Å². The third kappa shape index (κ3) is 5.01. The van der Waals surface area contributed by atoms with E-state index in [0.29, 0.717) is 12.2 Å². The monoisotopic (exact) mass is 180 g/mol. The first-order chi connectivity index (χ1) is 6.26. The molecule has 0 aliphatic carbocycles. The van der Waals surface area contributed by atoms with E-state index in [0.717, 1.165) is 6.42 Å². The molecule has 13 heavy (non-hydrogen) atoms. The van der Waals surface area contributed by atoms with Crippen LogP contribution in [0.3, 0.4) is 0 Å². The maximum atomic E-state index is 11.2. The number of esters is 1. The lowest BCUT2D eigenvalue weighted by Crippen LogP contribution is -2.05. The molecule has 0 N–H and O–H groups in total. The molecule has 0 radical (unpaired) electrons. The van der Waals surface area contributed by atoms with Crippen LogP contribution in [0.15, 0.2) is 36.5 Å². The number of allylic oxidation sites excluding steroid dienone is 3. The molecule has 0 saturated heterocycles. The average molecular weight is 180 g/mol. The minimum atomic E-state index is -0.321. The Bertz CT molecular complexity index is 224. The van der Waals surface area contributed by atoms with Gasteiger partial charge in [-0.1, -0.05) is 31.7 Å². The third-order valence-electron chi connectivity index (χ3n) is 1.38. The number of ether oxygens (including phenoxy) is 1. The highest BCUT2D eigenvalue weighted by Crippen LogP contribution is 2.00. The summed E-state index contributed by atoms with van der Waals surface area (Å²) < 4.78 is 4.81. The zero-order chi connectivity index (χ0) is 10.1. The number of hydrogen-bond acceptors (Lipinski definition) is 2. The Kier molecular flexibility index (Phi) is 6.60. The van der Waals surface area contributed by atoms with Gasteiger partial charge in [-0.25, -0.2) is 4.79 Å². The number of carbonyl (C=O) groups excluding carboxylic acids is 1. The van der Waals surface area contributed by atoms with Crippen LogP contribution in [-0.4, -0.2) is 12.6 Å². The first-order valence-electron chi connectivity index (χ1n) is 4.42. The maximum absolute atomic E-state index is 11.2. The highest BCUT2D eigenvalue weighted by Gasteiger charge is 2.03. The summed E-state index contributed by atoms with van der Waals surface area (Å²) in [4.78, 5) is 11.2. The quantitative estimate of drug-likeness (QED) is 0.369. The summed E-state index contributed by atoms with van der Waals surface area (Å²) in [6.45, 7) is 7.74. The van der Waals surface area contributed by atoms with E-state index in [1.165, 1.54) is 6.08 Å². The van der Waals surface area contributed by atoms with Gasteiger partial charge < -0.3 is 4.74 Å². The van der Waals surface area contributed by atoms with Gasteiger partial charge in [-0.15, -0.1) is 0 Å². The lowest BCUT2D eigenvalue weighted by molar-refractivity contribution is -0.138. The van der Waals surface area contributed by atoms with Crippen LogP contribution in [0.5, 0.6) is 0 Å². The van der Waals surface area contributed by atoms with Crippen LogP contribution < -0.4 is 0 Å². The zero-order valence-corrected chi connectivity index (χ0v) is 8.25. The van der Waals surface area contributed by atoms with Gasteiger partial charge in [0.2, 0.25) is 0 Å². The van der Waals surface area contributed by atoms with Crippen LogP contribution in [0.25, 0.3) is 0 Å². The van der Waals surface area contributed by atoms with Crippen LogP contribution in [0.2, 0.25) is 0 Å². The molecular weight excluding hydrogens is 164 g/mol. The number of hydrogen-bond donors (Lipinski definition) is 0. The summed E-state index contributed by atoms with van der Waals surface area (Å²) >= 11 is 0. The van der Waals surface area contributed by atoms with Gasteiger partial charge in [0.05, 0.1) is 12.2 Å². The Morgan fingerprint density at radius 2 is 2.15 bits per heavy atom. The van der Waals surface area contributed by atoms with Gasteiger partial charge in [0.15, 0.2) is 0 Å². The molecule has 72 valence electrons.